The van der Waals surface area contributed by atoms with Crippen molar-refractivity contribution in [3.05, 3.63) is 51.9 Å². The number of esters is 1. The van der Waals surface area contributed by atoms with E-state index >= 15 is 0 Å². The number of thiophene rings is 1. The predicted octanol–water partition coefficient (Wildman–Crippen LogP) is 4.13. The SMILES string of the molecule is CC(C)CCC(=O)OCc1nc2scc(-c3ccccc3)c2c(=O)n1CC#N. The Morgan fingerprint density at radius 3 is 2.75 bits per heavy atom. The summed E-state index contributed by atoms with van der Waals surface area (Å²) in [6.45, 7) is 3.80. The Labute approximate surface area is 167 Å². The molecule has 0 amide bonds. The van der Waals surface area contributed by atoms with E-state index in [1.165, 1.54) is 15.9 Å². The highest BCUT2D eigenvalue weighted by Crippen LogP contribution is 2.30. The van der Waals surface area contributed by atoms with Crippen LogP contribution in [0.15, 0.2) is 40.5 Å². The van der Waals surface area contributed by atoms with Gasteiger partial charge in [0, 0.05) is 17.4 Å². The molecule has 0 fully saturated rings. The highest BCUT2D eigenvalue weighted by molar-refractivity contribution is 7.17. The van der Waals surface area contributed by atoms with Gasteiger partial charge in [0.05, 0.1) is 11.5 Å². The minimum absolute atomic E-state index is 0.123. The first-order valence-corrected chi connectivity index (χ1v) is 9.98. The van der Waals surface area contributed by atoms with Gasteiger partial charge >= 0.3 is 5.97 Å². The first kappa shape index (κ1) is 19.8. The van der Waals surface area contributed by atoms with E-state index in [4.69, 9.17) is 10.00 Å². The van der Waals surface area contributed by atoms with Crippen LogP contribution in [0.2, 0.25) is 0 Å². The largest absolute Gasteiger partial charge is 0.458 e. The van der Waals surface area contributed by atoms with Crippen molar-refractivity contribution in [1.29, 1.82) is 5.26 Å². The van der Waals surface area contributed by atoms with Crippen LogP contribution in [0.3, 0.4) is 0 Å². The van der Waals surface area contributed by atoms with E-state index in [2.05, 4.69) is 4.98 Å². The smallest absolute Gasteiger partial charge is 0.306 e. The maximum Gasteiger partial charge on any atom is 0.306 e. The van der Waals surface area contributed by atoms with E-state index in [1.54, 1.807) is 0 Å². The van der Waals surface area contributed by atoms with Crippen LogP contribution in [0, 0.1) is 17.2 Å². The van der Waals surface area contributed by atoms with Crippen molar-refractivity contribution in [2.75, 3.05) is 0 Å². The quantitative estimate of drug-likeness (QED) is 0.562. The molecule has 0 unspecified atom stereocenters. The van der Waals surface area contributed by atoms with E-state index in [9.17, 15) is 9.59 Å². The maximum absolute atomic E-state index is 13.1. The normalized spacial score (nSPS) is 10.9. The van der Waals surface area contributed by atoms with E-state index in [0.29, 0.717) is 28.4 Å². The highest BCUT2D eigenvalue weighted by Gasteiger charge is 2.18. The number of nitriles is 1. The number of aromatic nitrogens is 2. The van der Waals surface area contributed by atoms with Crippen LogP contribution < -0.4 is 5.56 Å². The summed E-state index contributed by atoms with van der Waals surface area (Å²) in [6, 6.07) is 11.6. The zero-order valence-corrected chi connectivity index (χ0v) is 16.7. The highest BCUT2D eigenvalue weighted by atomic mass is 32.1. The summed E-state index contributed by atoms with van der Waals surface area (Å²) in [6.07, 6.45) is 1.06. The second-order valence-corrected chi connectivity index (χ2v) is 7.72. The van der Waals surface area contributed by atoms with Gasteiger partial charge in [0.2, 0.25) is 0 Å². The Kier molecular flexibility index (Phi) is 6.22. The zero-order chi connectivity index (χ0) is 20.1. The van der Waals surface area contributed by atoms with Crippen LogP contribution >= 0.6 is 11.3 Å². The van der Waals surface area contributed by atoms with Crippen LogP contribution in [-0.2, 0) is 22.7 Å². The van der Waals surface area contributed by atoms with Crippen LogP contribution in [0.4, 0.5) is 0 Å². The minimum Gasteiger partial charge on any atom is -0.458 e. The van der Waals surface area contributed by atoms with Gasteiger partial charge in [0.15, 0.2) is 5.82 Å². The third-order valence-corrected chi connectivity index (χ3v) is 5.25. The second kappa shape index (κ2) is 8.81. The number of carbonyl (C=O) groups is 1. The Bertz CT molecular complexity index is 1080. The number of hydrogen-bond donors (Lipinski definition) is 0. The molecule has 0 aliphatic heterocycles. The molecule has 0 saturated heterocycles. The Morgan fingerprint density at radius 2 is 2.07 bits per heavy atom. The molecule has 6 nitrogen and oxygen atoms in total. The van der Waals surface area contributed by atoms with Crippen LogP contribution in [0.5, 0.6) is 0 Å². The Morgan fingerprint density at radius 1 is 1.32 bits per heavy atom. The summed E-state index contributed by atoms with van der Waals surface area (Å²) < 4.78 is 6.58. The minimum atomic E-state index is -0.331. The molecule has 3 rings (SSSR count). The molecule has 2 aromatic heterocycles. The van der Waals surface area contributed by atoms with Crippen LogP contribution in [0.25, 0.3) is 21.3 Å². The van der Waals surface area contributed by atoms with Gasteiger partial charge in [-0.05, 0) is 17.9 Å². The predicted molar refractivity (Wildman–Crippen MR) is 109 cm³/mol. The van der Waals surface area contributed by atoms with Gasteiger partial charge in [-0.3, -0.25) is 14.2 Å². The summed E-state index contributed by atoms with van der Waals surface area (Å²) in [5.41, 5.74) is 1.43. The van der Waals surface area contributed by atoms with Gasteiger partial charge in [0.1, 0.15) is 18.0 Å². The average molecular weight is 395 g/mol. The molecule has 144 valence electrons. The van der Waals surface area contributed by atoms with Crippen molar-refractivity contribution in [1.82, 2.24) is 9.55 Å². The monoisotopic (exact) mass is 395 g/mol. The first-order valence-electron chi connectivity index (χ1n) is 9.10. The summed E-state index contributed by atoms with van der Waals surface area (Å²) in [7, 11) is 0. The number of rotatable bonds is 7. The van der Waals surface area contributed by atoms with Crippen molar-refractivity contribution in [2.24, 2.45) is 5.92 Å². The fourth-order valence-corrected chi connectivity index (χ4v) is 3.82. The van der Waals surface area contributed by atoms with E-state index in [0.717, 1.165) is 17.5 Å². The zero-order valence-electron chi connectivity index (χ0n) is 15.8. The van der Waals surface area contributed by atoms with E-state index < -0.39 is 0 Å². The molecule has 7 heteroatoms. The fourth-order valence-electron chi connectivity index (χ4n) is 2.86. The molecule has 2 heterocycles. The Hall–Kier alpha value is -2.98. The molecule has 0 bridgehead atoms. The Balaban J connectivity index is 1.96. The number of carbonyl (C=O) groups excluding carboxylic acids is 1. The van der Waals surface area contributed by atoms with Crippen LogP contribution in [0.1, 0.15) is 32.5 Å². The van der Waals surface area contributed by atoms with Gasteiger partial charge < -0.3 is 4.74 Å². The van der Waals surface area contributed by atoms with Crippen molar-refractivity contribution in [3.8, 4) is 17.2 Å². The van der Waals surface area contributed by atoms with Gasteiger partial charge in [-0.2, -0.15) is 5.26 Å². The molecular weight excluding hydrogens is 374 g/mol. The van der Waals surface area contributed by atoms with Gasteiger partial charge in [-0.15, -0.1) is 11.3 Å². The molecular formula is C21H21N3O3S. The summed E-state index contributed by atoms with van der Waals surface area (Å²) >= 11 is 1.36. The third-order valence-electron chi connectivity index (χ3n) is 4.37. The van der Waals surface area contributed by atoms with Crippen molar-refractivity contribution < 1.29 is 9.53 Å². The molecule has 0 atom stereocenters. The topological polar surface area (TPSA) is 85.0 Å². The lowest BCUT2D eigenvalue weighted by Gasteiger charge is -2.11. The molecule has 3 aromatic rings. The lowest BCUT2D eigenvalue weighted by Crippen LogP contribution is -2.26. The molecule has 28 heavy (non-hydrogen) atoms. The fraction of sp³-hybridized carbons (Fsp3) is 0.333. The number of fused-ring (bicyclic) bond motifs is 1. The van der Waals surface area contributed by atoms with Crippen molar-refractivity contribution >= 4 is 27.5 Å². The van der Waals surface area contributed by atoms with Crippen molar-refractivity contribution in [2.45, 2.75) is 39.8 Å². The summed E-state index contributed by atoms with van der Waals surface area (Å²) in [4.78, 5) is 30.1. The van der Waals surface area contributed by atoms with Crippen LogP contribution in [-0.4, -0.2) is 15.5 Å². The standard InChI is InChI=1S/C21H21N3O3S/c1-14(2)8-9-18(25)27-12-17-23-20-19(21(26)24(17)11-10-22)16(13-28-20)15-6-4-3-5-7-15/h3-7,13-14H,8-9,11-12H2,1-2H3. The molecule has 1 aromatic carbocycles. The molecule has 0 radical (unpaired) electrons. The second-order valence-electron chi connectivity index (χ2n) is 6.87. The molecule has 0 saturated carbocycles. The van der Waals surface area contributed by atoms with Gasteiger partial charge in [-0.25, -0.2) is 4.98 Å². The third kappa shape index (κ3) is 4.29. The first-order chi connectivity index (χ1) is 13.5. The van der Waals surface area contributed by atoms with Crippen molar-refractivity contribution in [3.63, 3.8) is 0 Å². The van der Waals surface area contributed by atoms with E-state index in [1.807, 2.05) is 55.6 Å². The molecule has 0 aliphatic rings. The van der Waals surface area contributed by atoms with Gasteiger partial charge in [-0.1, -0.05) is 44.2 Å². The number of benzene rings is 1. The van der Waals surface area contributed by atoms with Gasteiger partial charge in [0.25, 0.3) is 5.56 Å². The number of nitrogens with zero attached hydrogens (tertiary/aromatic N) is 3. The lowest BCUT2D eigenvalue weighted by molar-refractivity contribution is -0.145. The molecule has 0 N–H and O–H groups in total. The maximum atomic E-state index is 13.1. The summed E-state index contributed by atoms with van der Waals surface area (Å²) in [5, 5.41) is 11.5. The molecule has 0 aliphatic carbocycles. The molecule has 0 spiro atoms. The van der Waals surface area contributed by atoms with E-state index in [-0.39, 0.29) is 24.7 Å². The number of ether oxygens (including phenoxy) is 1. The number of hydrogen-bond acceptors (Lipinski definition) is 6. The lowest BCUT2D eigenvalue weighted by atomic mass is 10.1. The summed E-state index contributed by atoms with van der Waals surface area (Å²) in [5.74, 6) is 0.363. The average Bonchev–Trinajstić information content (AvgIpc) is 3.12.